The van der Waals surface area contributed by atoms with Crippen molar-refractivity contribution in [2.45, 2.75) is 23.8 Å². The van der Waals surface area contributed by atoms with Crippen molar-refractivity contribution in [1.29, 1.82) is 0 Å². The van der Waals surface area contributed by atoms with Gasteiger partial charge in [0.1, 0.15) is 20.4 Å². The Morgan fingerprint density at radius 1 is 0.556 bits per heavy atom. The molecule has 0 N–H and O–H groups in total. The third-order valence-electron chi connectivity index (χ3n) is 10.1. The van der Waals surface area contributed by atoms with E-state index in [0.717, 1.165) is 38.9 Å². The molecule has 0 radical (unpaired) electrons. The molecule has 1 heterocycles. The van der Waals surface area contributed by atoms with Crippen molar-refractivity contribution in [1.82, 2.24) is 0 Å². The van der Waals surface area contributed by atoms with Crippen molar-refractivity contribution in [2.24, 2.45) is 22.9 Å². The van der Waals surface area contributed by atoms with Crippen LogP contribution in [-0.2, 0) is 14.0 Å². The van der Waals surface area contributed by atoms with E-state index in [-0.39, 0.29) is 23.9 Å². The zero-order valence-electron chi connectivity index (χ0n) is 24.5. The fourth-order valence-corrected chi connectivity index (χ4v) is 17.2. The van der Waals surface area contributed by atoms with E-state index in [1.165, 1.54) is 0 Å². The van der Waals surface area contributed by atoms with E-state index >= 15 is 9.13 Å². The quantitative estimate of drug-likeness (QED) is 0.172. The second kappa shape index (κ2) is 11.3. The monoisotopic (exact) mass is 647 g/mol. The lowest BCUT2D eigenvalue weighted by Crippen LogP contribution is -2.50. The van der Waals surface area contributed by atoms with Gasteiger partial charge in [0, 0.05) is 55.0 Å². The van der Waals surface area contributed by atoms with E-state index in [1.807, 2.05) is 146 Å². The lowest BCUT2D eigenvalue weighted by atomic mass is 9.80. The predicted molar refractivity (Wildman–Crippen MR) is 185 cm³/mol. The smallest absolute Gasteiger partial charge is 0.147 e. The van der Waals surface area contributed by atoms with Crippen LogP contribution in [0.3, 0.4) is 0 Å². The Morgan fingerprint density at radius 2 is 0.956 bits per heavy atom. The number of rotatable bonds is 7. The highest BCUT2D eigenvalue weighted by Crippen LogP contribution is 2.73. The summed E-state index contributed by atoms with van der Waals surface area (Å²) in [4.78, 5) is 6.32. The molecule has 7 heteroatoms. The standard InChI is InChI=1S/C38H32ClNO3P2/c39-33-24-14-13-23-30(33)35-34-31-25-32(36(34)43-40-35)38(45(42,28-19-9-3-10-20-28)29-21-11-4-12-22-29)37(31)44(41,26-15-5-1-6-16-26)27-17-7-2-8-18-27/h1-24,31-32,34,36-38H,25H2/t31-,32-,34+,36-,37+,38+/m0/s1. The molecule has 0 saturated heterocycles. The minimum absolute atomic E-state index is 0.0884. The van der Waals surface area contributed by atoms with Crippen molar-refractivity contribution in [3.05, 3.63) is 156 Å². The highest BCUT2D eigenvalue weighted by Gasteiger charge is 2.70. The van der Waals surface area contributed by atoms with Crippen LogP contribution in [0.2, 0.25) is 5.02 Å². The van der Waals surface area contributed by atoms with Gasteiger partial charge in [-0.05, 0) is 18.4 Å². The largest absolute Gasteiger partial charge is 0.391 e. The van der Waals surface area contributed by atoms with E-state index in [2.05, 4.69) is 5.16 Å². The van der Waals surface area contributed by atoms with Crippen LogP contribution in [0.1, 0.15) is 12.0 Å². The molecule has 8 rings (SSSR count). The highest BCUT2D eigenvalue weighted by atomic mass is 35.5. The van der Waals surface area contributed by atoms with Gasteiger partial charge < -0.3 is 14.0 Å². The van der Waals surface area contributed by atoms with Gasteiger partial charge in [-0.25, -0.2) is 0 Å². The lowest BCUT2D eigenvalue weighted by molar-refractivity contribution is 0.0293. The molecule has 2 bridgehead atoms. The van der Waals surface area contributed by atoms with Gasteiger partial charge in [0.25, 0.3) is 0 Å². The van der Waals surface area contributed by atoms with Gasteiger partial charge in [0.15, 0.2) is 0 Å². The molecule has 2 saturated carbocycles. The predicted octanol–water partition coefficient (Wildman–Crippen LogP) is 7.47. The molecule has 4 nitrogen and oxygen atoms in total. The second-order valence-electron chi connectivity index (χ2n) is 12.3. The molecule has 45 heavy (non-hydrogen) atoms. The Labute approximate surface area is 268 Å². The summed E-state index contributed by atoms with van der Waals surface area (Å²) < 4.78 is 32.7. The number of halogens is 1. The number of hydrogen-bond acceptors (Lipinski definition) is 4. The van der Waals surface area contributed by atoms with Crippen LogP contribution in [0, 0.1) is 17.8 Å². The van der Waals surface area contributed by atoms with Crippen LogP contribution in [0.25, 0.3) is 0 Å². The Balaban J connectivity index is 1.40. The van der Waals surface area contributed by atoms with Crippen molar-refractivity contribution in [3.8, 4) is 0 Å². The third kappa shape index (κ3) is 4.38. The summed E-state index contributed by atoms with van der Waals surface area (Å²) in [6.45, 7) is 0. The van der Waals surface area contributed by atoms with Gasteiger partial charge in [-0.1, -0.05) is 156 Å². The zero-order valence-corrected chi connectivity index (χ0v) is 27.0. The van der Waals surface area contributed by atoms with Gasteiger partial charge in [-0.3, -0.25) is 0 Å². The van der Waals surface area contributed by atoms with Crippen molar-refractivity contribution >= 4 is 52.8 Å². The molecule has 0 aromatic heterocycles. The molecule has 0 spiro atoms. The second-order valence-corrected chi connectivity index (χ2v) is 18.6. The van der Waals surface area contributed by atoms with Crippen LogP contribution in [0.5, 0.6) is 0 Å². The SMILES string of the molecule is O=P(c1ccccc1)(c1ccccc1)[C@@H]1[C@H]2C[C@@H]([C@@H]3C(c4ccccc4Cl)=NO[C@@H]23)[C@H]1P(=O)(c1ccccc1)c1ccccc1. The van der Waals surface area contributed by atoms with Crippen molar-refractivity contribution in [2.75, 3.05) is 0 Å². The van der Waals surface area contributed by atoms with E-state index in [0.29, 0.717) is 5.02 Å². The van der Waals surface area contributed by atoms with Crippen LogP contribution in [-0.4, -0.2) is 23.1 Å². The Hall–Kier alpha value is -3.68. The summed E-state index contributed by atoms with van der Waals surface area (Å²) in [5.74, 6) is -0.327. The first kappa shape index (κ1) is 28.8. The average Bonchev–Trinajstić information content (AvgIpc) is 3.82. The molecule has 6 atom stereocenters. The summed E-state index contributed by atoms with van der Waals surface area (Å²) in [6, 6.07) is 47.0. The van der Waals surface area contributed by atoms with E-state index < -0.39 is 25.6 Å². The van der Waals surface area contributed by atoms with Gasteiger partial charge >= 0.3 is 0 Å². The van der Waals surface area contributed by atoms with Gasteiger partial charge in [0.2, 0.25) is 0 Å². The van der Waals surface area contributed by atoms with Gasteiger partial charge in [0.05, 0.1) is 5.71 Å². The number of benzene rings is 5. The molecule has 5 aromatic rings. The fourth-order valence-electron chi connectivity index (χ4n) is 8.43. The first-order valence-electron chi connectivity index (χ1n) is 15.4. The minimum Gasteiger partial charge on any atom is -0.391 e. The minimum atomic E-state index is -3.40. The number of hydrogen-bond donors (Lipinski definition) is 0. The normalized spacial score (nSPS) is 25.4. The molecule has 0 amide bonds. The maximum atomic E-state index is 16.4. The number of oxime groups is 1. The first-order valence-corrected chi connectivity index (χ1v) is 19.4. The molecule has 0 unspecified atom stereocenters. The Morgan fingerprint density at radius 3 is 1.40 bits per heavy atom. The Bertz CT molecular complexity index is 1880. The highest BCUT2D eigenvalue weighted by molar-refractivity contribution is 7.83. The van der Waals surface area contributed by atoms with Crippen molar-refractivity contribution in [3.63, 3.8) is 0 Å². The average molecular weight is 648 g/mol. The molecule has 1 aliphatic heterocycles. The molecular weight excluding hydrogens is 616 g/mol. The van der Waals surface area contributed by atoms with Crippen LogP contribution in [0.15, 0.2) is 151 Å². The molecule has 3 aliphatic rings. The molecule has 2 fully saturated rings. The summed E-state index contributed by atoms with van der Waals surface area (Å²) in [5.41, 5.74) is 0.802. The topological polar surface area (TPSA) is 55.7 Å². The van der Waals surface area contributed by atoms with Crippen LogP contribution >= 0.6 is 25.9 Å². The van der Waals surface area contributed by atoms with E-state index in [4.69, 9.17) is 16.4 Å². The summed E-state index contributed by atoms with van der Waals surface area (Å²) in [7, 11) is -6.79. The molecular formula is C38H32ClNO3P2. The lowest BCUT2D eigenvalue weighted by Gasteiger charge is -2.44. The van der Waals surface area contributed by atoms with Gasteiger partial charge in [-0.2, -0.15) is 0 Å². The number of nitrogens with zero attached hydrogens (tertiary/aromatic N) is 1. The molecule has 224 valence electrons. The number of fused-ring (bicyclic) bond motifs is 5. The molecule has 2 aliphatic carbocycles. The Kier molecular flexibility index (Phi) is 7.22. The zero-order chi connectivity index (χ0) is 30.6. The van der Waals surface area contributed by atoms with Crippen LogP contribution < -0.4 is 21.2 Å². The van der Waals surface area contributed by atoms with E-state index in [9.17, 15) is 0 Å². The summed E-state index contributed by atoms with van der Waals surface area (Å²) in [6.07, 6.45) is 0.477. The van der Waals surface area contributed by atoms with Gasteiger partial charge in [-0.15, -0.1) is 0 Å². The summed E-state index contributed by atoms with van der Waals surface area (Å²) >= 11 is 6.74. The fraction of sp³-hybridized carbons (Fsp3) is 0.184. The molecule has 5 aromatic carbocycles. The van der Waals surface area contributed by atoms with Crippen molar-refractivity contribution < 1.29 is 14.0 Å². The van der Waals surface area contributed by atoms with E-state index in [1.54, 1.807) is 0 Å². The maximum absolute atomic E-state index is 16.4. The maximum Gasteiger partial charge on any atom is 0.147 e. The first-order chi connectivity index (χ1) is 22.0. The third-order valence-corrected chi connectivity index (χ3v) is 18.1. The van der Waals surface area contributed by atoms with Crippen LogP contribution in [0.4, 0.5) is 0 Å². The summed E-state index contributed by atoms with van der Waals surface area (Å²) in [5, 5.41) is 8.44.